The Morgan fingerprint density at radius 2 is 1.23 bits per heavy atom. The first-order valence-electron chi connectivity index (χ1n) is 13.6. The predicted octanol–water partition coefficient (Wildman–Crippen LogP) is 10.1. The minimum Gasteiger partial charge on any atom is -0.142 e. The van der Waals surface area contributed by atoms with Crippen molar-refractivity contribution in [1.82, 2.24) is 0 Å². The van der Waals surface area contributed by atoms with Gasteiger partial charge in [0.15, 0.2) is 0 Å². The van der Waals surface area contributed by atoms with Crippen molar-refractivity contribution in [3.63, 3.8) is 0 Å². The van der Waals surface area contributed by atoms with Gasteiger partial charge in [0.25, 0.3) is 0 Å². The largest absolute Gasteiger partial charge is 0.142 e. The van der Waals surface area contributed by atoms with Gasteiger partial charge in [0.2, 0.25) is 0 Å². The molecular formula is C29H48S2. The monoisotopic (exact) mass is 460 g/mol. The van der Waals surface area contributed by atoms with Crippen molar-refractivity contribution >= 4 is 23.5 Å². The molecule has 31 heavy (non-hydrogen) atoms. The first-order valence-corrected chi connectivity index (χ1v) is 15.7. The van der Waals surface area contributed by atoms with Crippen LogP contribution in [-0.4, -0.2) is 11.5 Å². The summed E-state index contributed by atoms with van der Waals surface area (Å²) in [7, 11) is 0. The van der Waals surface area contributed by atoms with Crippen LogP contribution >= 0.6 is 23.5 Å². The SMILES string of the molecule is CCCCCCC[C@H]1CC[C@H](CCc2ccc(C3SCC(CCCC)CS3)cc2)CC1. The van der Waals surface area contributed by atoms with Crippen LogP contribution in [0.15, 0.2) is 24.3 Å². The highest BCUT2D eigenvalue weighted by atomic mass is 32.2. The molecule has 0 unspecified atom stereocenters. The molecule has 1 saturated heterocycles. The molecule has 1 aliphatic carbocycles. The predicted molar refractivity (Wildman–Crippen MR) is 144 cm³/mol. The Balaban J connectivity index is 1.30. The summed E-state index contributed by atoms with van der Waals surface area (Å²) >= 11 is 4.38. The molecule has 1 aromatic carbocycles. The maximum Gasteiger partial charge on any atom is 0.0751 e. The van der Waals surface area contributed by atoms with E-state index in [1.165, 1.54) is 108 Å². The Labute approximate surface area is 202 Å². The third kappa shape index (κ3) is 9.36. The molecule has 1 aromatic rings. The van der Waals surface area contributed by atoms with E-state index in [9.17, 15) is 0 Å². The minimum absolute atomic E-state index is 0.671. The van der Waals surface area contributed by atoms with E-state index in [2.05, 4.69) is 61.6 Å². The Kier molecular flexibility index (Phi) is 12.3. The zero-order valence-electron chi connectivity index (χ0n) is 20.5. The van der Waals surface area contributed by atoms with E-state index in [0.717, 1.165) is 17.8 Å². The molecule has 0 amide bonds. The number of rotatable bonds is 13. The molecule has 0 atom stereocenters. The van der Waals surface area contributed by atoms with Crippen molar-refractivity contribution in [2.24, 2.45) is 17.8 Å². The second kappa shape index (κ2) is 14.9. The number of hydrogen-bond acceptors (Lipinski definition) is 2. The molecule has 0 N–H and O–H groups in total. The van der Waals surface area contributed by atoms with Crippen LogP contribution in [0, 0.1) is 17.8 Å². The van der Waals surface area contributed by atoms with E-state index in [1.807, 2.05) is 0 Å². The fraction of sp³-hybridized carbons (Fsp3) is 0.793. The average molecular weight is 461 g/mol. The third-order valence-electron chi connectivity index (χ3n) is 7.71. The number of thioether (sulfide) groups is 2. The van der Waals surface area contributed by atoms with Crippen LogP contribution < -0.4 is 0 Å². The molecule has 2 aliphatic rings. The standard InChI is InChI=1S/C29H48S2/c1-3-5-7-8-9-11-24-12-14-25(15-13-24)16-17-26-18-20-28(21-19-26)29-30-22-27(23-31-29)10-6-4-2/h18-21,24-25,27,29H,3-17,22-23H2,1-2H3/t24-,25-,27?,29?. The Morgan fingerprint density at radius 1 is 0.645 bits per heavy atom. The van der Waals surface area contributed by atoms with Gasteiger partial charge < -0.3 is 0 Å². The fourth-order valence-electron chi connectivity index (χ4n) is 5.45. The summed E-state index contributed by atoms with van der Waals surface area (Å²) in [5.74, 6) is 5.70. The van der Waals surface area contributed by atoms with Crippen molar-refractivity contribution in [2.45, 2.75) is 115 Å². The van der Waals surface area contributed by atoms with Crippen molar-refractivity contribution < 1.29 is 0 Å². The zero-order chi connectivity index (χ0) is 21.7. The van der Waals surface area contributed by atoms with Gasteiger partial charge in [-0.15, -0.1) is 23.5 Å². The highest BCUT2D eigenvalue weighted by molar-refractivity contribution is 8.16. The van der Waals surface area contributed by atoms with Gasteiger partial charge in [-0.1, -0.05) is 115 Å². The van der Waals surface area contributed by atoms with Crippen LogP contribution in [0.25, 0.3) is 0 Å². The molecular weight excluding hydrogens is 412 g/mol. The lowest BCUT2D eigenvalue weighted by Gasteiger charge is -2.29. The highest BCUT2D eigenvalue weighted by Crippen LogP contribution is 2.46. The molecule has 1 saturated carbocycles. The highest BCUT2D eigenvalue weighted by Gasteiger charge is 2.23. The summed E-state index contributed by atoms with van der Waals surface area (Å²) in [4.78, 5) is 0. The van der Waals surface area contributed by atoms with E-state index in [-0.39, 0.29) is 0 Å². The van der Waals surface area contributed by atoms with E-state index in [1.54, 1.807) is 11.1 Å². The maximum absolute atomic E-state index is 2.43. The van der Waals surface area contributed by atoms with Crippen LogP contribution in [0.5, 0.6) is 0 Å². The van der Waals surface area contributed by atoms with Gasteiger partial charge in [-0.25, -0.2) is 0 Å². The molecule has 1 heterocycles. The average Bonchev–Trinajstić information content (AvgIpc) is 2.83. The maximum atomic E-state index is 2.43. The first-order chi connectivity index (χ1) is 15.3. The van der Waals surface area contributed by atoms with E-state index in [0.29, 0.717) is 4.58 Å². The van der Waals surface area contributed by atoms with Gasteiger partial charge in [-0.2, -0.15) is 0 Å². The van der Waals surface area contributed by atoms with Crippen molar-refractivity contribution in [3.8, 4) is 0 Å². The normalized spacial score (nSPS) is 26.8. The lowest BCUT2D eigenvalue weighted by molar-refractivity contribution is 0.248. The van der Waals surface area contributed by atoms with Crippen molar-refractivity contribution in [1.29, 1.82) is 0 Å². The van der Waals surface area contributed by atoms with Crippen LogP contribution in [0.4, 0.5) is 0 Å². The smallest absolute Gasteiger partial charge is 0.0751 e. The molecule has 1 aliphatic heterocycles. The Bertz CT molecular complexity index is 565. The number of aryl methyl sites for hydroxylation is 1. The molecule has 0 aromatic heterocycles. The Morgan fingerprint density at radius 3 is 1.87 bits per heavy atom. The lowest BCUT2D eigenvalue weighted by atomic mass is 9.77. The number of benzene rings is 1. The second-order valence-corrected chi connectivity index (χ2v) is 13.0. The molecule has 2 heteroatoms. The van der Waals surface area contributed by atoms with E-state index >= 15 is 0 Å². The van der Waals surface area contributed by atoms with Crippen molar-refractivity contribution in [2.75, 3.05) is 11.5 Å². The molecule has 3 rings (SSSR count). The number of hydrogen-bond donors (Lipinski definition) is 0. The summed E-state index contributed by atoms with van der Waals surface area (Å²) in [5.41, 5.74) is 3.11. The summed E-state index contributed by atoms with van der Waals surface area (Å²) in [6.45, 7) is 4.63. The van der Waals surface area contributed by atoms with Crippen LogP contribution in [-0.2, 0) is 6.42 Å². The van der Waals surface area contributed by atoms with Gasteiger partial charge in [-0.3, -0.25) is 0 Å². The molecule has 0 spiro atoms. The van der Waals surface area contributed by atoms with E-state index in [4.69, 9.17) is 0 Å². The second-order valence-electron chi connectivity index (χ2n) is 10.4. The van der Waals surface area contributed by atoms with E-state index < -0.39 is 0 Å². The molecule has 0 bridgehead atoms. The number of unbranched alkanes of at least 4 members (excludes halogenated alkanes) is 5. The summed E-state index contributed by atoms with van der Waals surface area (Å²) < 4.78 is 0.671. The quantitative estimate of drug-likeness (QED) is 0.268. The molecule has 0 nitrogen and oxygen atoms in total. The van der Waals surface area contributed by atoms with Gasteiger partial charge >= 0.3 is 0 Å². The van der Waals surface area contributed by atoms with Gasteiger partial charge in [0.05, 0.1) is 4.58 Å². The van der Waals surface area contributed by atoms with Crippen LogP contribution in [0.1, 0.15) is 119 Å². The lowest BCUT2D eigenvalue weighted by Crippen LogP contribution is -2.15. The minimum atomic E-state index is 0.671. The van der Waals surface area contributed by atoms with Crippen LogP contribution in [0.2, 0.25) is 0 Å². The van der Waals surface area contributed by atoms with Crippen LogP contribution in [0.3, 0.4) is 0 Å². The topological polar surface area (TPSA) is 0 Å². The van der Waals surface area contributed by atoms with Gasteiger partial charge in [0, 0.05) is 0 Å². The van der Waals surface area contributed by atoms with Gasteiger partial charge in [-0.05, 0) is 59.6 Å². The molecule has 0 radical (unpaired) electrons. The fourth-order valence-corrected chi connectivity index (χ4v) is 8.62. The molecule has 2 fully saturated rings. The third-order valence-corrected chi connectivity index (χ3v) is 11.0. The Hall–Kier alpha value is -0.0800. The van der Waals surface area contributed by atoms with Crippen molar-refractivity contribution in [3.05, 3.63) is 35.4 Å². The summed E-state index contributed by atoms with van der Waals surface area (Å²) in [6.07, 6.45) is 21.6. The summed E-state index contributed by atoms with van der Waals surface area (Å²) in [5, 5.41) is 0. The summed E-state index contributed by atoms with van der Waals surface area (Å²) in [6, 6.07) is 9.73. The van der Waals surface area contributed by atoms with Gasteiger partial charge in [0.1, 0.15) is 0 Å². The molecule has 176 valence electrons. The first kappa shape index (κ1) is 25.5. The zero-order valence-corrected chi connectivity index (χ0v) is 22.1.